The Morgan fingerprint density at radius 3 is 2.43 bits per heavy atom. The zero-order valence-electron chi connectivity index (χ0n) is 11.1. The minimum absolute atomic E-state index is 0.0257. The molecule has 2 rings (SSSR count). The van der Waals surface area contributed by atoms with Crippen LogP contribution in [-0.2, 0) is 25.8 Å². The van der Waals surface area contributed by atoms with Crippen LogP contribution in [0.4, 0.5) is 0 Å². The zero-order valence-corrected chi connectivity index (χ0v) is 13.5. The van der Waals surface area contributed by atoms with Crippen molar-refractivity contribution >= 4 is 37.6 Å². The van der Waals surface area contributed by atoms with E-state index in [0.717, 1.165) is 10.0 Å². The molecule has 1 atom stereocenters. The molecule has 8 heteroatoms. The van der Waals surface area contributed by atoms with Crippen molar-refractivity contribution in [1.82, 2.24) is 10.9 Å². The topological polar surface area (TPSA) is 92.3 Å². The number of carbonyl (C=O) groups excluding carboxylic acids is 2. The monoisotopic (exact) mass is 374 g/mol. The van der Waals surface area contributed by atoms with Crippen molar-refractivity contribution < 1.29 is 18.0 Å². The van der Waals surface area contributed by atoms with Gasteiger partial charge >= 0.3 is 0 Å². The largest absolute Gasteiger partial charge is 0.273 e. The quantitative estimate of drug-likeness (QED) is 0.756. The van der Waals surface area contributed by atoms with Crippen molar-refractivity contribution in [3.63, 3.8) is 0 Å². The molecule has 21 heavy (non-hydrogen) atoms. The minimum Gasteiger partial charge on any atom is -0.273 e. The second-order valence-corrected chi connectivity index (χ2v) is 8.09. The summed E-state index contributed by atoms with van der Waals surface area (Å²) in [6.45, 7) is 0. The maximum absolute atomic E-state index is 11.7. The van der Waals surface area contributed by atoms with Crippen molar-refractivity contribution in [3.05, 3.63) is 34.3 Å². The Labute approximate surface area is 131 Å². The fraction of sp³-hybridized carbons (Fsp3) is 0.385. The first-order valence-electron chi connectivity index (χ1n) is 6.39. The number of rotatable bonds is 3. The van der Waals surface area contributed by atoms with Crippen LogP contribution in [0.3, 0.4) is 0 Å². The summed E-state index contributed by atoms with van der Waals surface area (Å²) in [6.07, 6.45) is 0.438. The molecular formula is C13H15BrN2O4S. The molecule has 0 radical (unpaired) electrons. The van der Waals surface area contributed by atoms with Gasteiger partial charge in [0.25, 0.3) is 0 Å². The molecule has 0 spiro atoms. The van der Waals surface area contributed by atoms with Crippen LogP contribution in [0.5, 0.6) is 0 Å². The lowest BCUT2D eigenvalue weighted by molar-refractivity contribution is -0.130. The average molecular weight is 375 g/mol. The maximum Gasteiger partial charge on any atom is 0.242 e. The average Bonchev–Trinajstić information content (AvgIpc) is 2.79. The van der Waals surface area contributed by atoms with E-state index >= 15 is 0 Å². The van der Waals surface area contributed by atoms with Gasteiger partial charge in [0.2, 0.25) is 11.8 Å². The normalized spacial score (nSPS) is 20.0. The molecule has 1 aliphatic rings. The number of hydrazine groups is 1. The van der Waals surface area contributed by atoms with Gasteiger partial charge < -0.3 is 0 Å². The van der Waals surface area contributed by atoms with E-state index in [1.165, 1.54) is 0 Å². The van der Waals surface area contributed by atoms with E-state index in [4.69, 9.17) is 0 Å². The van der Waals surface area contributed by atoms with Gasteiger partial charge in [-0.3, -0.25) is 20.4 Å². The SMILES string of the molecule is O=C(Cc1ccc(Br)cc1)NNC(=O)[C@@H]1CCS(=O)(=O)C1. The second kappa shape index (κ2) is 6.57. The van der Waals surface area contributed by atoms with E-state index in [-0.39, 0.29) is 23.8 Å². The fourth-order valence-corrected chi connectivity index (χ4v) is 4.07. The lowest BCUT2D eigenvalue weighted by Gasteiger charge is -2.10. The molecule has 0 bridgehead atoms. The van der Waals surface area contributed by atoms with Crippen molar-refractivity contribution in [3.8, 4) is 0 Å². The van der Waals surface area contributed by atoms with Crippen LogP contribution in [0, 0.1) is 5.92 Å². The Morgan fingerprint density at radius 2 is 1.86 bits per heavy atom. The Kier molecular flexibility index (Phi) is 5.00. The van der Waals surface area contributed by atoms with Gasteiger partial charge in [-0.25, -0.2) is 8.42 Å². The molecule has 1 saturated heterocycles. The van der Waals surface area contributed by atoms with Crippen molar-refractivity contribution in [1.29, 1.82) is 0 Å². The number of sulfone groups is 1. The van der Waals surface area contributed by atoms with Gasteiger partial charge in [0.15, 0.2) is 9.84 Å². The third-order valence-corrected chi connectivity index (χ3v) is 5.50. The highest BCUT2D eigenvalue weighted by Crippen LogP contribution is 2.18. The Morgan fingerprint density at radius 1 is 1.19 bits per heavy atom. The number of halogens is 1. The summed E-state index contributed by atoms with van der Waals surface area (Å²) < 4.78 is 23.5. The molecule has 1 aliphatic heterocycles. The molecule has 2 amide bonds. The summed E-state index contributed by atoms with van der Waals surface area (Å²) in [6, 6.07) is 7.25. The highest BCUT2D eigenvalue weighted by molar-refractivity contribution is 9.10. The van der Waals surface area contributed by atoms with Crippen LogP contribution in [0.15, 0.2) is 28.7 Å². The maximum atomic E-state index is 11.7. The Bertz CT molecular complexity index is 643. The molecule has 0 unspecified atom stereocenters. The number of amides is 2. The van der Waals surface area contributed by atoms with E-state index < -0.39 is 21.7 Å². The molecular weight excluding hydrogens is 360 g/mol. The summed E-state index contributed by atoms with van der Waals surface area (Å²) >= 11 is 3.30. The summed E-state index contributed by atoms with van der Waals surface area (Å²) in [7, 11) is -3.11. The Balaban J connectivity index is 1.79. The van der Waals surface area contributed by atoms with Gasteiger partial charge in [-0.1, -0.05) is 28.1 Å². The first-order valence-corrected chi connectivity index (χ1v) is 9.01. The summed E-state index contributed by atoms with van der Waals surface area (Å²) in [5, 5.41) is 0. The zero-order chi connectivity index (χ0) is 15.5. The molecule has 2 N–H and O–H groups in total. The van der Waals surface area contributed by atoms with Crippen LogP contribution in [0.25, 0.3) is 0 Å². The second-order valence-electron chi connectivity index (χ2n) is 4.94. The number of nitrogens with one attached hydrogen (secondary N) is 2. The molecule has 1 heterocycles. The van der Waals surface area contributed by atoms with Gasteiger partial charge in [-0.2, -0.15) is 0 Å². The third-order valence-electron chi connectivity index (χ3n) is 3.21. The van der Waals surface area contributed by atoms with Crippen LogP contribution >= 0.6 is 15.9 Å². The summed E-state index contributed by atoms with van der Waals surface area (Å²) in [5.41, 5.74) is 5.40. The highest BCUT2D eigenvalue weighted by Gasteiger charge is 2.33. The molecule has 1 aromatic carbocycles. The lowest BCUT2D eigenvalue weighted by atomic mass is 10.1. The van der Waals surface area contributed by atoms with Gasteiger partial charge in [0, 0.05) is 4.47 Å². The first-order chi connectivity index (χ1) is 9.85. The number of hydrogen-bond donors (Lipinski definition) is 2. The van der Waals surface area contributed by atoms with E-state index in [1.807, 2.05) is 12.1 Å². The van der Waals surface area contributed by atoms with E-state index in [9.17, 15) is 18.0 Å². The predicted octanol–water partition coefficient (Wildman–Crippen LogP) is 0.574. The fourth-order valence-electron chi connectivity index (χ4n) is 2.07. The molecule has 0 aromatic heterocycles. The molecule has 0 saturated carbocycles. The first kappa shape index (κ1) is 16.0. The standard InChI is InChI=1S/C13H15BrN2O4S/c14-11-3-1-9(2-4-11)7-12(17)15-16-13(18)10-5-6-21(19,20)8-10/h1-4,10H,5-8H2,(H,15,17)(H,16,18)/t10-/m1/s1. The van der Waals surface area contributed by atoms with Gasteiger partial charge in [-0.05, 0) is 24.1 Å². The van der Waals surface area contributed by atoms with Gasteiger partial charge in [0.1, 0.15) is 0 Å². The number of carbonyl (C=O) groups is 2. The van der Waals surface area contributed by atoms with E-state index in [0.29, 0.717) is 6.42 Å². The van der Waals surface area contributed by atoms with Crippen LogP contribution in [0.1, 0.15) is 12.0 Å². The summed E-state index contributed by atoms with van der Waals surface area (Å²) in [5.74, 6) is -1.52. The lowest BCUT2D eigenvalue weighted by Crippen LogP contribution is -2.45. The van der Waals surface area contributed by atoms with Crippen LogP contribution < -0.4 is 10.9 Å². The molecule has 1 fully saturated rings. The van der Waals surface area contributed by atoms with Gasteiger partial charge in [-0.15, -0.1) is 0 Å². The van der Waals surface area contributed by atoms with Crippen molar-refractivity contribution in [2.24, 2.45) is 5.92 Å². The van der Waals surface area contributed by atoms with Crippen LogP contribution in [-0.4, -0.2) is 31.7 Å². The van der Waals surface area contributed by atoms with Gasteiger partial charge in [0.05, 0.1) is 23.8 Å². The Hall–Kier alpha value is -1.41. The smallest absolute Gasteiger partial charge is 0.242 e. The van der Waals surface area contributed by atoms with Crippen molar-refractivity contribution in [2.45, 2.75) is 12.8 Å². The molecule has 1 aromatic rings. The highest BCUT2D eigenvalue weighted by atomic mass is 79.9. The minimum atomic E-state index is -3.11. The van der Waals surface area contributed by atoms with Crippen LogP contribution in [0.2, 0.25) is 0 Å². The predicted molar refractivity (Wildman–Crippen MR) is 80.9 cm³/mol. The number of benzene rings is 1. The molecule has 0 aliphatic carbocycles. The summed E-state index contributed by atoms with van der Waals surface area (Å²) in [4.78, 5) is 23.4. The number of hydrogen-bond acceptors (Lipinski definition) is 4. The van der Waals surface area contributed by atoms with E-state index in [1.54, 1.807) is 12.1 Å². The molecule has 6 nitrogen and oxygen atoms in total. The molecule has 114 valence electrons. The third kappa shape index (κ3) is 4.82. The van der Waals surface area contributed by atoms with Crippen molar-refractivity contribution in [2.75, 3.05) is 11.5 Å². The van der Waals surface area contributed by atoms with E-state index in [2.05, 4.69) is 26.8 Å².